The zero-order valence-corrected chi connectivity index (χ0v) is 23.2. The molecule has 184 valence electrons. The Hall–Kier alpha value is -1.84. The summed E-state index contributed by atoms with van der Waals surface area (Å²) >= 11 is 0. The molecular weight excluding hydrogens is 404 g/mol. The molecule has 3 nitrogen and oxygen atoms in total. The molecule has 3 heteroatoms. The van der Waals surface area contributed by atoms with Gasteiger partial charge in [0, 0.05) is 25.2 Å². The Morgan fingerprint density at radius 3 is 1.70 bits per heavy atom. The molecule has 0 fully saturated rings. The normalized spacial score (nSPS) is 12.8. The summed E-state index contributed by atoms with van der Waals surface area (Å²) < 4.78 is 0. The highest BCUT2D eigenvalue weighted by atomic mass is 16.3. The molecule has 0 unspecified atom stereocenters. The summed E-state index contributed by atoms with van der Waals surface area (Å²) in [6.45, 7) is 23.7. The third-order valence-corrected chi connectivity index (χ3v) is 6.48. The first-order chi connectivity index (χ1) is 15.1. The van der Waals surface area contributed by atoms with Crippen LogP contribution in [0.25, 0.3) is 0 Å². The van der Waals surface area contributed by atoms with Crippen molar-refractivity contribution in [3.63, 3.8) is 0 Å². The quantitative estimate of drug-likeness (QED) is 0.473. The molecular formula is C30H48N2O. The molecule has 0 radical (unpaired) electrons. The highest BCUT2D eigenvalue weighted by Gasteiger charge is 2.23. The molecule has 2 rings (SSSR count). The van der Waals surface area contributed by atoms with Gasteiger partial charge in [-0.1, -0.05) is 76.9 Å². The molecule has 0 amide bonds. The molecule has 0 spiro atoms. The third-order valence-electron chi connectivity index (χ3n) is 6.48. The second-order valence-electron chi connectivity index (χ2n) is 12.3. The number of phenolic OH excluding ortho intramolecular Hbond substituents is 1. The predicted octanol–water partition coefficient (Wildman–Crippen LogP) is 6.87. The summed E-state index contributed by atoms with van der Waals surface area (Å²) in [6.07, 6.45) is 1.10. The van der Waals surface area contributed by atoms with Crippen LogP contribution in [0.2, 0.25) is 0 Å². The van der Waals surface area contributed by atoms with Crippen LogP contribution in [-0.4, -0.2) is 42.1 Å². The van der Waals surface area contributed by atoms with E-state index in [2.05, 4.69) is 110 Å². The maximum atomic E-state index is 11.2. The van der Waals surface area contributed by atoms with E-state index in [1.807, 2.05) is 0 Å². The average molecular weight is 453 g/mol. The molecule has 0 saturated heterocycles. The Morgan fingerprint density at radius 1 is 0.697 bits per heavy atom. The number of aryl methyl sites for hydroxylation is 2. The molecule has 2 aromatic carbocycles. The van der Waals surface area contributed by atoms with E-state index in [-0.39, 0.29) is 10.8 Å². The van der Waals surface area contributed by atoms with Crippen molar-refractivity contribution in [1.29, 1.82) is 0 Å². The summed E-state index contributed by atoms with van der Waals surface area (Å²) in [5, 5.41) is 11.2. The van der Waals surface area contributed by atoms with Gasteiger partial charge in [0.2, 0.25) is 0 Å². The predicted molar refractivity (Wildman–Crippen MR) is 143 cm³/mol. The fourth-order valence-corrected chi connectivity index (χ4v) is 4.73. The number of hydrogen-bond acceptors (Lipinski definition) is 3. The van der Waals surface area contributed by atoms with Gasteiger partial charge in [0.15, 0.2) is 0 Å². The molecule has 0 heterocycles. The Kier molecular flexibility index (Phi) is 8.81. The zero-order valence-electron chi connectivity index (χ0n) is 23.2. The van der Waals surface area contributed by atoms with Crippen LogP contribution in [0.15, 0.2) is 24.3 Å². The third kappa shape index (κ3) is 7.58. The van der Waals surface area contributed by atoms with Crippen LogP contribution in [0, 0.1) is 20.8 Å². The first-order valence-corrected chi connectivity index (χ1v) is 12.4. The molecule has 1 N–H and O–H groups in total. The van der Waals surface area contributed by atoms with Crippen LogP contribution in [0.5, 0.6) is 5.75 Å². The van der Waals surface area contributed by atoms with E-state index >= 15 is 0 Å². The van der Waals surface area contributed by atoms with Crippen molar-refractivity contribution < 1.29 is 5.11 Å². The molecule has 0 atom stereocenters. The summed E-state index contributed by atoms with van der Waals surface area (Å²) in [7, 11) is 4.26. The molecule has 0 aliphatic rings. The van der Waals surface area contributed by atoms with Crippen molar-refractivity contribution in [3.8, 4) is 5.75 Å². The molecule has 0 bridgehead atoms. The minimum atomic E-state index is -0.0880. The maximum absolute atomic E-state index is 11.2. The molecule has 0 aliphatic heterocycles. The monoisotopic (exact) mass is 452 g/mol. The van der Waals surface area contributed by atoms with Crippen LogP contribution in [0.1, 0.15) is 86.9 Å². The first-order valence-electron chi connectivity index (χ1n) is 12.4. The van der Waals surface area contributed by atoms with Crippen molar-refractivity contribution in [1.82, 2.24) is 9.80 Å². The van der Waals surface area contributed by atoms with E-state index in [1.165, 1.54) is 27.8 Å². The van der Waals surface area contributed by atoms with Crippen molar-refractivity contribution in [2.45, 2.75) is 92.7 Å². The lowest BCUT2D eigenvalue weighted by atomic mass is 9.81. The van der Waals surface area contributed by atoms with Crippen LogP contribution in [-0.2, 0) is 23.9 Å². The van der Waals surface area contributed by atoms with Crippen LogP contribution >= 0.6 is 0 Å². The lowest BCUT2D eigenvalue weighted by molar-refractivity contribution is 0.236. The van der Waals surface area contributed by atoms with Crippen molar-refractivity contribution in [2.24, 2.45) is 0 Å². The summed E-state index contributed by atoms with van der Waals surface area (Å²) in [4.78, 5) is 4.76. The van der Waals surface area contributed by atoms with E-state index in [4.69, 9.17) is 0 Å². The Labute approximate surface area is 203 Å². The lowest BCUT2D eigenvalue weighted by Crippen LogP contribution is -2.28. The van der Waals surface area contributed by atoms with Gasteiger partial charge in [-0.15, -0.1) is 0 Å². The summed E-state index contributed by atoms with van der Waals surface area (Å²) in [6, 6.07) is 8.99. The fourth-order valence-electron chi connectivity index (χ4n) is 4.73. The number of hydrogen-bond donors (Lipinski definition) is 1. The molecule has 33 heavy (non-hydrogen) atoms. The maximum Gasteiger partial charge on any atom is 0.123 e. The summed E-state index contributed by atoms with van der Waals surface area (Å²) in [5.74, 6) is 0.460. The number of nitrogens with zero attached hydrogens (tertiary/aromatic N) is 2. The minimum absolute atomic E-state index is 0.0880. The topological polar surface area (TPSA) is 26.7 Å². The zero-order chi connectivity index (χ0) is 25.1. The van der Waals surface area contributed by atoms with Crippen molar-refractivity contribution in [2.75, 3.05) is 27.2 Å². The number of aromatic hydroxyl groups is 1. The van der Waals surface area contributed by atoms with E-state index in [1.54, 1.807) is 0 Å². The lowest BCUT2D eigenvalue weighted by Gasteiger charge is -2.29. The molecule has 0 aliphatic carbocycles. The van der Waals surface area contributed by atoms with Crippen LogP contribution in [0.3, 0.4) is 0 Å². The minimum Gasteiger partial charge on any atom is -0.507 e. The van der Waals surface area contributed by atoms with Gasteiger partial charge in [0.1, 0.15) is 5.75 Å². The Morgan fingerprint density at radius 2 is 1.18 bits per heavy atom. The van der Waals surface area contributed by atoms with E-state index in [9.17, 15) is 5.11 Å². The van der Waals surface area contributed by atoms with Gasteiger partial charge in [0.25, 0.3) is 0 Å². The highest BCUT2D eigenvalue weighted by molar-refractivity contribution is 5.47. The Bertz CT molecular complexity index is 874. The standard InChI is InChI=1S/C30H48N2O/c1-21-15-24(23(3)26(17-21)29(4,5)6)19-32(14-12-13-31(10)11)20-25-16-22(2)18-27(28(25)33)30(7,8)9/h15-18,33H,12-14,19-20H2,1-11H3. The number of rotatable bonds is 8. The molecule has 2 aromatic rings. The first kappa shape index (κ1) is 27.4. The highest BCUT2D eigenvalue weighted by Crippen LogP contribution is 2.35. The van der Waals surface area contributed by atoms with Gasteiger partial charge in [-0.3, -0.25) is 4.90 Å². The van der Waals surface area contributed by atoms with Crippen molar-refractivity contribution in [3.05, 3.63) is 63.2 Å². The SMILES string of the molecule is Cc1cc(CN(CCCN(C)C)Cc2cc(C)cc(C(C)(C)C)c2O)c(C)c(C(C)(C)C)c1. The second kappa shape index (κ2) is 10.6. The van der Waals surface area contributed by atoms with E-state index in [0.29, 0.717) is 5.75 Å². The van der Waals surface area contributed by atoms with Gasteiger partial charge >= 0.3 is 0 Å². The summed E-state index contributed by atoms with van der Waals surface area (Å²) in [5.41, 5.74) is 8.86. The Balaban J connectivity index is 2.44. The second-order valence-corrected chi connectivity index (χ2v) is 12.3. The van der Waals surface area contributed by atoms with E-state index in [0.717, 1.165) is 43.7 Å². The van der Waals surface area contributed by atoms with Gasteiger partial charge in [-0.05, 0) is 80.9 Å². The molecule has 0 aromatic heterocycles. The number of phenols is 1. The van der Waals surface area contributed by atoms with E-state index < -0.39 is 0 Å². The molecule has 0 saturated carbocycles. The van der Waals surface area contributed by atoms with Gasteiger partial charge < -0.3 is 10.0 Å². The number of benzene rings is 2. The average Bonchev–Trinajstić information content (AvgIpc) is 2.64. The largest absolute Gasteiger partial charge is 0.507 e. The fraction of sp³-hybridized carbons (Fsp3) is 0.600. The van der Waals surface area contributed by atoms with Gasteiger partial charge in [-0.2, -0.15) is 0 Å². The van der Waals surface area contributed by atoms with Crippen LogP contribution in [0.4, 0.5) is 0 Å². The van der Waals surface area contributed by atoms with Crippen molar-refractivity contribution >= 4 is 0 Å². The van der Waals surface area contributed by atoms with Gasteiger partial charge in [-0.25, -0.2) is 0 Å². The van der Waals surface area contributed by atoms with Gasteiger partial charge in [0.05, 0.1) is 0 Å². The van der Waals surface area contributed by atoms with Crippen LogP contribution < -0.4 is 0 Å². The smallest absolute Gasteiger partial charge is 0.123 e.